The molecule has 0 saturated carbocycles. The van der Waals surface area contributed by atoms with Gasteiger partial charge in [-0.25, -0.2) is 4.79 Å². The van der Waals surface area contributed by atoms with Crippen LogP contribution in [0.4, 0.5) is 0 Å². The van der Waals surface area contributed by atoms with E-state index >= 15 is 0 Å². The zero-order chi connectivity index (χ0) is 15.2. The summed E-state index contributed by atoms with van der Waals surface area (Å²) in [6, 6.07) is 6.63. The normalized spacial score (nSPS) is 18.2. The van der Waals surface area contributed by atoms with Gasteiger partial charge in [0.2, 0.25) is 5.91 Å². The van der Waals surface area contributed by atoms with Crippen LogP contribution in [-0.4, -0.2) is 56.8 Å². The van der Waals surface area contributed by atoms with Gasteiger partial charge in [0.25, 0.3) is 0 Å². The van der Waals surface area contributed by atoms with Crippen molar-refractivity contribution >= 4 is 11.9 Å². The molecule has 114 valence electrons. The second kappa shape index (κ2) is 7.08. The van der Waals surface area contributed by atoms with E-state index in [0.29, 0.717) is 13.2 Å². The number of carbonyl (C=O) groups excluding carboxylic acids is 2. The van der Waals surface area contributed by atoms with E-state index in [2.05, 4.69) is 0 Å². The summed E-state index contributed by atoms with van der Waals surface area (Å²) in [6.07, 6.45) is 0.234. The molecule has 0 bridgehead atoms. The first-order chi connectivity index (χ1) is 10.2. The smallest absolute Gasteiger partial charge is 0.331 e. The first-order valence-corrected chi connectivity index (χ1v) is 6.73. The van der Waals surface area contributed by atoms with E-state index in [4.69, 9.17) is 14.2 Å². The van der Waals surface area contributed by atoms with Crippen LogP contribution in [0.3, 0.4) is 0 Å². The highest BCUT2D eigenvalue weighted by atomic mass is 16.5. The third-order valence-electron chi connectivity index (χ3n) is 3.44. The number of ether oxygens (including phenoxy) is 3. The van der Waals surface area contributed by atoms with E-state index in [-0.39, 0.29) is 18.9 Å². The maximum absolute atomic E-state index is 12.4. The summed E-state index contributed by atoms with van der Waals surface area (Å²) in [5, 5.41) is 0. The fourth-order valence-electron chi connectivity index (χ4n) is 2.25. The SMILES string of the molecule is COC(=O)C1COCCN1C(=O)Cc1ccc(OC)cc1. The van der Waals surface area contributed by atoms with Crippen LogP contribution in [0.25, 0.3) is 0 Å². The first-order valence-electron chi connectivity index (χ1n) is 6.73. The van der Waals surface area contributed by atoms with Crippen LogP contribution >= 0.6 is 0 Å². The molecule has 0 aliphatic carbocycles. The highest BCUT2D eigenvalue weighted by Gasteiger charge is 2.33. The minimum Gasteiger partial charge on any atom is -0.497 e. The van der Waals surface area contributed by atoms with Gasteiger partial charge in [-0.05, 0) is 17.7 Å². The van der Waals surface area contributed by atoms with Crippen LogP contribution < -0.4 is 4.74 Å². The van der Waals surface area contributed by atoms with Gasteiger partial charge in [-0.3, -0.25) is 4.79 Å². The second-order valence-electron chi connectivity index (χ2n) is 4.73. The molecule has 1 aromatic rings. The molecule has 1 unspecified atom stereocenters. The van der Waals surface area contributed by atoms with Crippen LogP contribution in [0.15, 0.2) is 24.3 Å². The molecule has 0 spiro atoms. The van der Waals surface area contributed by atoms with Gasteiger partial charge in [0.1, 0.15) is 5.75 Å². The van der Waals surface area contributed by atoms with Crippen LogP contribution in [-0.2, 0) is 25.5 Å². The number of rotatable bonds is 4. The summed E-state index contributed by atoms with van der Waals surface area (Å²) in [7, 11) is 2.90. The number of amides is 1. The molecule has 6 heteroatoms. The van der Waals surface area contributed by atoms with Crippen LogP contribution in [0.5, 0.6) is 5.75 Å². The Labute approximate surface area is 123 Å². The van der Waals surface area contributed by atoms with Crippen molar-refractivity contribution in [3.8, 4) is 5.75 Å². The summed E-state index contributed by atoms with van der Waals surface area (Å²) in [6.45, 7) is 1.01. The molecule has 0 N–H and O–H groups in total. The highest BCUT2D eigenvalue weighted by molar-refractivity contribution is 5.86. The lowest BCUT2D eigenvalue weighted by molar-refractivity contribution is -0.160. The van der Waals surface area contributed by atoms with Crippen molar-refractivity contribution in [1.82, 2.24) is 4.90 Å². The zero-order valence-electron chi connectivity index (χ0n) is 12.2. The van der Waals surface area contributed by atoms with Gasteiger partial charge in [-0.1, -0.05) is 12.1 Å². The Morgan fingerprint density at radius 1 is 1.29 bits per heavy atom. The van der Waals surface area contributed by atoms with Gasteiger partial charge < -0.3 is 19.1 Å². The molecule has 6 nitrogen and oxygen atoms in total. The molecule has 0 aromatic heterocycles. The molecule has 0 radical (unpaired) electrons. The number of carbonyl (C=O) groups is 2. The van der Waals surface area contributed by atoms with Crippen molar-refractivity contribution in [2.45, 2.75) is 12.5 Å². The molecule has 1 heterocycles. The maximum Gasteiger partial charge on any atom is 0.331 e. The van der Waals surface area contributed by atoms with Crippen LogP contribution in [0.2, 0.25) is 0 Å². The Morgan fingerprint density at radius 3 is 2.62 bits per heavy atom. The lowest BCUT2D eigenvalue weighted by Crippen LogP contribution is -2.53. The fourth-order valence-corrected chi connectivity index (χ4v) is 2.25. The Hall–Kier alpha value is -2.08. The monoisotopic (exact) mass is 293 g/mol. The van der Waals surface area contributed by atoms with Crippen molar-refractivity contribution in [3.05, 3.63) is 29.8 Å². The predicted octanol–water partition coefficient (Wildman–Crippen LogP) is 0.638. The summed E-state index contributed by atoms with van der Waals surface area (Å²) in [5.41, 5.74) is 0.871. The Balaban J connectivity index is 2.04. The summed E-state index contributed by atoms with van der Waals surface area (Å²) < 4.78 is 15.1. The number of methoxy groups -OCH3 is 2. The quantitative estimate of drug-likeness (QED) is 0.762. The van der Waals surface area contributed by atoms with Gasteiger partial charge in [0, 0.05) is 6.54 Å². The number of hydrogen-bond donors (Lipinski definition) is 0. The van der Waals surface area contributed by atoms with Crippen molar-refractivity contribution < 1.29 is 23.8 Å². The standard InChI is InChI=1S/C15H19NO5/c1-19-12-5-3-11(4-6-12)9-14(17)16-7-8-21-10-13(16)15(18)20-2/h3-6,13H,7-10H2,1-2H3. The molecule has 1 saturated heterocycles. The number of benzene rings is 1. The van der Waals surface area contributed by atoms with E-state index in [9.17, 15) is 9.59 Å². The van der Waals surface area contributed by atoms with Crippen molar-refractivity contribution in [2.24, 2.45) is 0 Å². The maximum atomic E-state index is 12.4. The van der Waals surface area contributed by atoms with E-state index in [1.54, 1.807) is 19.2 Å². The van der Waals surface area contributed by atoms with Gasteiger partial charge in [0.15, 0.2) is 6.04 Å². The summed E-state index contributed by atoms with van der Waals surface area (Å²) >= 11 is 0. The average Bonchev–Trinajstić information content (AvgIpc) is 2.54. The molecule has 1 aromatic carbocycles. The number of nitrogens with zero attached hydrogens (tertiary/aromatic N) is 1. The highest BCUT2D eigenvalue weighted by Crippen LogP contribution is 2.15. The van der Waals surface area contributed by atoms with Gasteiger partial charge >= 0.3 is 5.97 Å². The van der Waals surface area contributed by atoms with E-state index in [1.165, 1.54) is 12.0 Å². The Morgan fingerprint density at radius 2 is 2.00 bits per heavy atom. The van der Waals surface area contributed by atoms with Crippen LogP contribution in [0.1, 0.15) is 5.56 Å². The topological polar surface area (TPSA) is 65.1 Å². The third-order valence-corrected chi connectivity index (χ3v) is 3.44. The molecular weight excluding hydrogens is 274 g/mol. The van der Waals surface area contributed by atoms with Crippen molar-refractivity contribution in [2.75, 3.05) is 34.0 Å². The molecule has 1 atom stereocenters. The van der Waals surface area contributed by atoms with Gasteiger partial charge in [0.05, 0.1) is 33.9 Å². The molecule has 1 amide bonds. The largest absolute Gasteiger partial charge is 0.497 e. The van der Waals surface area contributed by atoms with E-state index in [0.717, 1.165) is 11.3 Å². The van der Waals surface area contributed by atoms with Gasteiger partial charge in [-0.15, -0.1) is 0 Å². The Bertz CT molecular complexity index is 499. The third kappa shape index (κ3) is 3.72. The van der Waals surface area contributed by atoms with Crippen molar-refractivity contribution in [3.63, 3.8) is 0 Å². The van der Waals surface area contributed by atoms with Crippen molar-refractivity contribution in [1.29, 1.82) is 0 Å². The number of hydrogen-bond acceptors (Lipinski definition) is 5. The van der Waals surface area contributed by atoms with Gasteiger partial charge in [-0.2, -0.15) is 0 Å². The Kier molecular flexibility index (Phi) is 5.16. The van der Waals surface area contributed by atoms with E-state index in [1.807, 2.05) is 12.1 Å². The zero-order valence-corrected chi connectivity index (χ0v) is 12.2. The fraction of sp³-hybridized carbons (Fsp3) is 0.467. The number of morpholine rings is 1. The summed E-state index contributed by atoms with van der Waals surface area (Å²) in [5.74, 6) is 0.182. The molecule has 1 aliphatic heterocycles. The molecule has 1 fully saturated rings. The molecular formula is C15H19NO5. The van der Waals surface area contributed by atoms with E-state index < -0.39 is 12.0 Å². The molecule has 21 heavy (non-hydrogen) atoms. The van der Waals surface area contributed by atoms with Crippen LogP contribution in [0, 0.1) is 0 Å². The molecule has 2 rings (SSSR count). The minimum absolute atomic E-state index is 0.112. The first kappa shape index (κ1) is 15.3. The summed E-state index contributed by atoms with van der Waals surface area (Å²) in [4.78, 5) is 25.6. The number of esters is 1. The molecule has 1 aliphatic rings. The minimum atomic E-state index is -0.658. The average molecular weight is 293 g/mol. The predicted molar refractivity (Wildman–Crippen MR) is 75.0 cm³/mol. The second-order valence-corrected chi connectivity index (χ2v) is 4.73. The lowest BCUT2D eigenvalue weighted by atomic mass is 10.1. The lowest BCUT2D eigenvalue weighted by Gasteiger charge is -2.33.